The topological polar surface area (TPSA) is 95.5 Å². The molecule has 0 amide bonds. The molecule has 0 spiro atoms. The van der Waals surface area contributed by atoms with Crippen LogP contribution in [-0.2, 0) is 11.8 Å². The molecule has 0 aliphatic rings. The van der Waals surface area contributed by atoms with Crippen LogP contribution in [0.25, 0.3) is 0 Å². The molecule has 0 aliphatic carbocycles. The van der Waals surface area contributed by atoms with Gasteiger partial charge in [-0.15, -0.1) is 12.4 Å². The fraction of sp³-hybridized carbons (Fsp3) is 0.519. The van der Waals surface area contributed by atoms with Crippen molar-refractivity contribution in [1.29, 1.82) is 5.26 Å². The van der Waals surface area contributed by atoms with Gasteiger partial charge >= 0.3 is 0 Å². The van der Waals surface area contributed by atoms with Crippen molar-refractivity contribution in [3.05, 3.63) is 47.5 Å². The van der Waals surface area contributed by atoms with E-state index in [2.05, 4.69) is 37.9 Å². The molecule has 0 fully saturated rings. The molecule has 0 aromatic heterocycles. The van der Waals surface area contributed by atoms with Crippen LogP contribution in [0.4, 0.5) is 0 Å². The maximum Gasteiger partial charge on any atom is 0.161 e. The largest absolute Gasteiger partial charge is 0.493 e. The number of nitrogens with zero attached hydrogens (tertiary/aromatic N) is 2. The van der Waals surface area contributed by atoms with Gasteiger partial charge in [-0.1, -0.05) is 26.0 Å². The second-order valence-electron chi connectivity index (χ2n) is 8.65. The van der Waals surface area contributed by atoms with E-state index in [1.165, 1.54) is 5.56 Å². The van der Waals surface area contributed by atoms with Gasteiger partial charge in [0.25, 0.3) is 0 Å². The summed E-state index contributed by atoms with van der Waals surface area (Å²) in [6, 6.07) is 14.5. The first kappa shape index (κ1) is 32.3. The molecular weight excluding hydrogens is 468 g/mol. The summed E-state index contributed by atoms with van der Waals surface area (Å²) in [5, 5.41) is 10.2. The molecule has 2 rings (SSSR count). The lowest BCUT2D eigenvalue weighted by atomic mass is 9.69. The average Bonchev–Trinajstić information content (AvgIpc) is 2.84. The molecule has 8 heteroatoms. The number of methoxy groups -OCH3 is 4. The molecule has 2 aromatic carbocycles. The van der Waals surface area contributed by atoms with Crippen molar-refractivity contribution < 1.29 is 24.4 Å². The molecule has 0 heterocycles. The quantitative estimate of drug-likeness (QED) is 0.389. The predicted molar refractivity (Wildman–Crippen MR) is 143 cm³/mol. The normalized spacial score (nSPS) is 12.1. The molecule has 0 radical (unpaired) electrons. The Kier molecular flexibility index (Phi) is 14.2. The Hall–Kier alpha value is -2.66. The first-order valence-electron chi connectivity index (χ1n) is 11.4. The van der Waals surface area contributed by atoms with Gasteiger partial charge < -0.3 is 29.3 Å². The minimum Gasteiger partial charge on any atom is -0.493 e. The highest BCUT2D eigenvalue weighted by molar-refractivity contribution is 5.85. The first-order valence-corrected chi connectivity index (χ1v) is 11.4. The number of halogens is 1. The van der Waals surface area contributed by atoms with Gasteiger partial charge in [0.05, 0.1) is 39.9 Å². The molecule has 35 heavy (non-hydrogen) atoms. The van der Waals surface area contributed by atoms with Gasteiger partial charge in [-0.2, -0.15) is 5.26 Å². The van der Waals surface area contributed by atoms with Gasteiger partial charge in [-0.05, 0) is 74.2 Å². The van der Waals surface area contributed by atoms with Gasteiger partial charge in [0.2, 0.25) is 0 Å². The maximum atomic E-state index is 10.2. The zero-order valence-electron chi connectivity index (χ0n) is 22.0. The molecule has 0 saturated carbocycles. The third-order valence-corrected chi connectivity index (χ3v) is 6.42. The summed E-state index contributed by atoms with van der Waals surface area (Å²) < 4.78 is 21.6. The van der Waals surface area contributed by atoms with Gasteiger partial charge in [0.1, 0.15) is 0 Å². The van der Waals surface area contributed by atoms with E-state index in [1.807, 2.05) is 30.3 Å². The lowest BCUT2D eigenvalue weighted by Gasteiger charge is -2.32. The van der Waals surface area contributed by atoms with Crippen LogP contribution in [0.1, 0.15) is 37.8 Å². The van der Waals surface area contributed by atoms with E-state index in [1.54, 1.807) is 28.4 Å². The molecular formula is C27H41ClN2O5. The van der Waals surface area contributed by atoms with Crippen LogP contribution in [0, 0.1) is 17.2 Å². The Bertz CT molecular complexity index is 948. The Morgan fingerprint density at radius 3 is 1.91 bits per heavy atom. The van der Waals surface area contributed by atoms with Crippen molar-refractivity contribution in [3.63, 3.8) is 0 Å². The second kappa shape index (κ2) is 15.4. The van der Waals surface area contributed by atoms with E-state index < -0.39 is 5.41 Å². The summed E-state index contributed by atoms with van der Waals surface area (Å²) in [6.45, 7) is 6.06. The molecule has 1 atom stereocenters. The highest BCUT2D eigenvalue weighted by Crippen LogP contribution is 2.40. The third kappa shape index (κ3) is 7.93. The summed E-state index contributed by atoms with van der Waals surface area (Å²) in [4.78, 5) is 2.31. The first-order chi connectivity index (χ1) is 15.8. The summed E-state index contributed by atoms with van der Waals surface area (Å²) >= 11 is 0. The van der Waals surface area contributed by atoms with Crippen LogP contribution in [0.15, 0.2) is 36.4 Å². The van der Waals surface area contributed by atoms with Gasteiger partial charge in [0.15, 0.2) is 23.0 Å². The van der Waals surface area contributed by atoms with E-state index in [4.69, 9.17) is 18.9 Å². The standard InChI is InChI=1S/C27H38N2O4.ClH.H2O/c1-20(2)27(19-28,22-10-12-24(31-5)26(18-22)33-7)14-8-15-29(3)16-13-21-9-11-23(30-4)25(17-21)32-6;;/h9-12,17-18,20H,8,13-16H2,1-7H3;1H;1H2. The molecule has 196 valence electrons. The number of hydrogen-bond donors (Lipinski definition) is 0. The van der Waals surface area contributed by atoms with E-state index in [0.717, 1.165) is 49.4 Å². The zero-order valence-corrected chi connectivity index (χ0v) is 22.8. The van der Waals surface area contributed by atoms with E-state index >= 15 is 0 Å². The lowest BCUT2D eigenvalue weighted by Crippen LogP contribution is -2.32. The number of ether oxygens (including phenoxy) is 4. The molecule has 7 nitrogen and oxygen atoms in total. The number of likely N-dealkylation sites (N-methyl/N-ethyl adjacent to an activating group) is 1. The number of hydrogen-bond acceptors (Lipinski definition) is 6. The molecule has 2 N–H and O–H groups in total. The van der Waals surface area contributed by atoms with E-state index in [9.17, 15) is 5.26 Å². The van der Waals surface area contributed by atoms with Crippen LogP contribution in [0.2, 0.25) is 0 Å². The Morgan fingerprint density at radius 2 is 1.40 bits per heavy atom. The molecule has 0 saturated heterocycles. The monoisotopic (exact) mass is 508 g/mol. The van der Waals surface area contributed by atoms with Gasteiger partial charge in [-0.25, -0.2) is 0 Å². The van der Waals surface area contributed by atoms with Crippen LogP contribution in [-0.4, -0.2) is 59.0 Å². The highest BCUT2D eigenvalue weighted by atomic mass is 35.5. The van der Waals surface area contributed by atoms with Crippen molar-refractivity contribution in [2.24, 2.45) is 5.92 Å². The lowest BCUT2D eigenvalue weighted by molar-refractivity contribution is 0.292. The van der Waals surface area contributed by atoms with Crippen molar-refractivity contribution in [3.8, 4) is 29.1 Å². The van der Waals surface area contributed by atoms with Crippen molar-refractivity contribution >= 4 is 12.4 Å². The summed E-state index contributed by atoms with van der Waals surface area (Å²) in [5.41, 5.74) is 1.60. The minimum absolute atomic E-state index is 0. The Balaban J connectivity index is 0.00000578. The summed E-state index contributed by atoms with van der Waals surface area (Å²) in [7, 11) is 8.67. The van der Waals surface area contributed by atoms with Crippen LogP contribution >= 0.6 is 12.4 Å². The SMILES string of the molecule is COc1ccc(CCN(C)CCCC(C#N)(c2ccc(OC)c(OC)c2)C(C)C)cc1OC.Cl.O. The number of nitriles is 1. The molecule has 0 aliphatic heterocycles. The molecule has 1 unspecified atom stereocenters. The molecule has 2 aromatic rings. The second-order valence-corrected chi connectivity index (χ2v) is 8.65. The summed E-state index contributed by atoms with van der Waals surface area (Å²) in [5.74, 6) is 2.99. The summed E-state index contributed by atoms with van der Waals surface area (Å²) in [6.07, 6.45) is 2.61. The zero-order chi connectivity index (χ0) is 24.4. The van der Waals surface area contributed by atoms with Crippen LogP contribution in [0.3, 0.4) is 0 Å². The fourth-order valence-corrected chi connectivity index (χ4v) is 4.23. The maximum absolute atomic E-state index is 10.2. The van der Waals surface area contributed by atoms with Gasteiger partial charge in [0, 0.05) is 6.54 Å². The third-order valence-electron chi connectivity index (χ3n) is 6.42. The van der Waals surface area contributed by atoms with Crippen molar-refractivity contribution in [2.45, 2.75) is 38.5 Å². The average molecular weight is 509 g/mol. The Morgan fingerprint density at radius 1 is 0.857 bits per heavy atom. The van der Waals surface area contributed by atoms with Crippen LogP contribution < -0.4 is 18.9 Å². The Labute approximate surface area is 216 Å². The van der Waals surface area contributed by atoms with E-state index in [-0.39, 0.29) is 23.8 Å². The predicted octanol–water partition coefficient (Wildman–Crippen LogP) is 4.69. The van der Waals surface area contributed by atoms with Crippen molar-refractivity contribution in [2.75, 3.05) is 48.6 Å². The van der Waals surface area contributed by atoms with Crippen molar-refractivity contribution in [1.82, 2.24) is 4.90 Å². The minimum atomic E-state index is -0.580. The molecule has 0 bridgehead atoms. The van der Waals surface area contributed by atoms with Gasteiger partial charge in [-0.3, -0.25) is 0 Å². The number of benzene rings is 2. The van der Waals surface area contributed by atoms with E-state index in [0.29, 0.717) is 11.5 Å². The highest BCUT2D eigenvalue weighted by Gasteiger charge is 2.36. The number of rotatable bonds is 13. The smallest absolute Gasteiger partial charge is 0.161 e. The fourth-order valence-electron chi connectivity index (χ4n) is 4.23. The van der Waals surface area contributed by atoms with Crippen LogP contribution in [0.5, 0.6) is 23.0 Å².